The summed E-state index contributed by atoms with van der Waals surface area (Å²) in [4.78, 5) is 25.6. The van der Waals surface area contributed by atoms with Crippen molar-refractivity contribution in [3.05, 3.63) is 30.0 Å². The van der Waals surface area contributed by atoms with Gasteiger partial charge >= 0.3 is 5.97 Å². The molecule has 2 N–H and O–H groups in total. The summed E-state index contributed by atoms with van der Waals surface area (Å²) in [5.41, 5.74) is 0.542. The Kier molecular flexibility index (Phi) is 2.82. The van der Waals surface area contributed by atoms with Crippen LogP contribution in [0, 0.1) is 0 Å². The van der Waals surface area contributed by atoms with Crippen LogP contribution in [-0.2, 0) is 9.53 Å². The van der Waals surface area contributed by atoms with Crippen molar-refractivity contribution in [3.63, 3.8) is 0 Å². The smallest absolute Gasteiger partial charge is 0.381 e. The van der Waals surface area contributed by atoms with Crippen molar-refractivity contribution in [2.45, 2.75) is 6.92 Å². The van der Waals surface area contributed by atoms with Crippen LogP contribution in [0.1, 0.15) is 17.4 Å². The zero-order valence-corrected chi connectivity index (χ0v) is 9.19. The number of aromatic nitrogens is 1. The van der Waals surface area contributed by atoms with E-state index in [2.05, 4.69) is 9.72 Å². The molecule has 0 fully saturated rings. The quantitative estimate of drug-likeness (QED) is 0.479. The molecule has 2 rings (SSSR count). The molecule has 5 nitrogen and oxygen atoms in total. The minimum atomic E-state index is -0.904. The number of benzene rings is 1. The summed E-state index contributed by atoms with van der Waals surface area (Å²) in [7, 11) is 0. The van der Waals surface area contributed by atoms with Crippen molar-refractivity contribution >= 4 is 22.7 Å². The van der Waals surface area contributed by atoms with Gasteiger partial charge < -0.3 is 14.8 Å². The lowest BCUT2D eigenvalue weighted by Crippen LogP contribution is -2.17. The minimum absolute atomic E-state index is 0.0328. The van der Waals surface area contributed by atoms with Crippen LogP contribution >= 0.6 is 0 Å². The molecule has 88 valence electrons. The lowest BCUT2D eigenvalue weighted by atomic mass is 10.2. The highest BCUT2D eigenvalue weighted by Crippen LogP contribution is 2.24. The van der Waals surface area contributed by atoms with E-state index in [0.717, 1.165) is 0 Å². The second-order valence-electron chi connectivity index (χ2n) is 3.47. The molecule has 2 aromatic rings. The number of esters is 1. The number of ketones is 1. The van der Waals surface area contributed by atoms with Crippen LogP contribution in [0.25, 0.3) is 10.9 Å². The number of ether oxygens (including phenoxy) is 1. The molecule has 0 saturated heterocycles. The highest BCUT2D eigenvalue weighted by Gasteiger charge is 2.20. The fraction of sp³-hybridized carbons (Fsp3) is 0.167. The second kappa shape index (κ2) is 4.29. The molecule has 0 amide bonds. The van der Waals surface area contributed by atoms with Gasteiger partial charge in [0.05, 0.1) is 17.8 Å². The van der Waals surface area contributed by atoms with Gasteiger partial charge in [-0.2, -0.15) is 0 Å². The largest absolute Gasteiger partial charge is 0.506 e. The molecule has 0 spiro atoms. The fourth-order valence-corrected chi connectivity index (χ4v) is 1.57. The van der Waals surface area contributed by atoms with Gasteiger partial charge in [-0.3, -0.25) is 4.79 Å². The molecule has 0 aliphatic heterocycles. The molecular formula is C12H11NO4. The number of para-hydroxylation sites is 1. The van der Waals surface area contributed by atoms with E-state index in [1.807, 2.05) is 0 Å². The van der Waals surface area contributed by atoms with Gasteiger partial charge in [-0.15, -0.1) is 0 Å². The van der Waals surface area contributed by atoms with E-state index in [4.69, 9.17) is 0 Å². The van der Waals surface area contributed by atoms with E-state index in [1.165, 1.54) is 12.1 Å². The van der Waals surface area contributed by atoms with Crippen molar-refractivity contribution < 1.29 is 19.4 Å². The molecule has 17 heavy (non-hydrogen) atoms. The number of Topliss-reactive ketones (excluding diaryl/α,β-unsaturated/α-hetero) is 1. The monoisotopic (exact) mass is 233 g/mol. The van der Waals surface area contributed by atoms with E-state index in [9.17, 15) is 14.7 Å². The van der Waals surface area contributed by atoms with Crippen molar-refractivity contribution in [2.24, 2.45) is 0 Å². The molecule has 1 aromatic heterocycles. The highest BCUT2D eigenvalue weighted by molar-refractivity contribution is 6.40. The van der Waals surface area contributed by atoms with Gasteiger partial charge in [0.2, 0.25) is 0 Å². The second-order valence-corrected chi connectivity index (χ2v) is 3.47. The maximum Gasteiger partial charge on any atom is 0.381 e. The molecule has 0 atom stereocenters. The lowest BCUT2D eigenvalue weighted by Gasteiger charge is -1.97. The molecule has 5 heteroatoms. The summed E-state index contributed by atoms with van der Waals surface area (Å²) in [5.74, 6) is -1.62. The molecule has 0 bridgehead atoms. The topological polar surface area (TPSA) is 79.4 Å². The maximum absolute atomic E-state index is 11.6. The lowest BCUT2D eigenvalue weighted by molar-refractivity contribution is -0.137. The van der Waals surface area contributed by atoms with Gasteiger partial charge in [0, 0.05) is 5.39 Å². The van der Waals surface area contributed by atoms with E-state index < -0.39 is 11.8 Å². The Balaban J connectivity index is 2.40. The normalized spacial score (nSPS) is 10.4. The number of phenolic OH excluding ortho intramolecular Hbond substituents is 1. The Hall–Kier alpha value is -2.30. The van der Waals surface area contributed by atoms with Gasteiger partial charge in [0.15, 0.2) is 0 Å². The number of rotatable bonds is 3. The first-order valence-electron chi connectivity index (χ1n) is 5.15. The first-order chi connectivity index (χ1) is 8.13. The van der Waals surface area contributed by atoms with E-state index >= 15 is 0 Å². The standard InChI is InChI=1S/C12H11NO4/c1-2-17-12(16)11(15)8-6-7-4-3-5-9(14)10(7)13-8/h3-6,13-14H,2H2,1H3. The van der Waals surface area contributed by atoms with E-state index in [0.29, 0.717) is 10.9 Å². The maximum atomic E-state index is 11.6. The summed E-state index contributed by atoms with van der Waals surface area (Å²) in [6, 6.07) is 6.39. The van der Waals surface area contributed by atoms with Crippen molar-refractivity contribution in [3.8, 4) is 5.75 Å². The van der Waals surface area contributed by atoms with Gasteiger partial charge in [0.25, 0.3) is 5.78 Å². The summed E-state index contributed by atoms with van der Waals surface area (Å²) >= 11 is 0. The first-order valence-corrected chi connectivity index (χ1v) is 5.15. The first kappa shape index (κ1) is 11.2. The zero-order chi connectivity index (χ0) is 12.4. The number of phenols is 1. The van der Waals surface area contributed by atoms with Gasteiger partial charge in [-0.05, 0) is 19.1 Å². The van der Waals surface area contributed by atoms with Crippen molar-refractivity contribution in [1.29, 1.82) is 0 Å². The summed E-state index contributed by atoms with van der Waals surface area (Å²) in [6.07, 6.45) is 0. The number of carbonyl (C=O) groups excluding carboxylic acids is 2. The molecule has 0 saturated carbocycles. The van der Waals surface area contributed by atoms with Crippen LogP contribution in [-0.4, -0.2) is 28.4 Å². The predicted molar refractivity (Wildman–Crippen MR) is 60.9 cm³/mol. The number of aromatic hydroxyl groups is 1. The summed E-state index contributed by atoms with van der Waals surface area (Å²) in [5, 5.41) is 10.2. The van der Waals surface area contributed by atoms with Crippen molar-refractivity contribution in [1.82, 2.24) is 4.98 Å². The molecule has 0 radical (unpaired) electrons. The Morgan fingerprint density at radius 2 is 2.18 bits per heavy atom. The van der Waals surface area contributed by atoms with Crippen LogP contribution in [0.2, 0.25) is 0 Å². The molecule has 0 unspecified atom stereocenters. The number of hydrogen-bond acceptors (Lipinski definition) is 4. The van der Waals surface area contributed by atoms with Crippen LogP contribution < -0.4 is 0 Å². The third-order valence-corrected chi connectivity index (χ3v) is 2.34. The average molecular weight is 233 g/mol. The molecule has 0 aliphatic carbocycles. The van der Waals surface area contributed by atoms with Gasteiger partial charge in [0.1, 0.15) is 5.75 Å². The number of hydrogen-bond donors (Lipinski definition) is 2. The van der Waals surface area contributed by atoms with E-state index in [-0.39, 0.29) is 18.1 Å². The summed E-state index contributed by atoms with van der Waals surface area (Å²) in [6.45, 7) is 1.78. The van der Waals surface area contributed by atoms with Gasteiger partial charge in [-0.1, -0.05) is 12.1 Å². The van der Waals surface area contributed by atoms with Crippen LogP contribution in [0.5, 0.6) is 5.75 Å². The predicted octanol–water partition coefficient (Wildman–Crippen LogP) is 1.62. The fourth-order valence-electron chi connectivity index (χ4n) is 1.57. The third kappa shape index (κ3) is 1.99. The Morgan fingerprint density at radius 1 is 1.41 bits per heavy atom. The van der Waals surface area contributed by atoms with Crippen LogP contribution in [0.4, 0.5) is 0 Å². The molecule has 1 aromatic carbocycles. The number of fused-ring (bicyclic) bond motifs is 1. The molecule has 0 aliphatic rings. The van der Waals surface area contributed by atoms with Crippen LogP contribution in [0.15, 0.2) is 24.3 Å². The third-order valence-electron chi connectivity index (χ3n) is 2.34. The van der Waals surface area contributed by atoms with E-state index in [1.54, 1.807) is 19.1 Å². The molecular weight excluding hydrogens is 222 g/mol. The number of nitrogens with one attached hydrogen (secondary N) is 1. The minimum Gasteiger partial charge on any atom is -0.506 e. The molecule has 1 heterocycles. The SMILES string of the molecule is CCOC(=O)C(=O)c1cc2cccc(O)c2[nH]1. The Bertz CT molecular complexity index is 585. The number of H-pyrrole nitrogens is 1. The average Bonchev–Trinajstić information content (AvgIpc) is 2.73. The number of aromatic amines is 1. The zero-order valence-electron chi connectivity index (χ0n) is 9.19. The number of carbonyl (C=O) groups is 2. The van der Waals surface area contributed by atoms with Crippen LogP contribution in [0.3, 0.4) is 0 Å². The van der Waals surface area contributed by atoms with Crippen molar-refractivity contribution in [2.75, 3.05) is 6.61 Å². The Morgan fingerprint density at radius 3 is 2.82 bits per heavy atom. The Labute approximate surface area is 97.0 Å². The van der Waals surface area contributed by atoms with Gasteiger partial charge in [-0.25, -0.2) is 4.79 Å². The highest BCUT2D eigenvalue weighted by atomic mass is 16.5. The summed E-state index contributed by atoms with van der Waals surface area (Å²) < 4.78 is 4.61.